The monoisotopic (exact) mass is 198 g/mol. The van der Waals surface area contributed by atoms with Crippen LogP contribution in [0.1, 0.15) is 32.6 Å². The van der Waals surface area contributed by atoms with E-state index in [0.717, 1.165) is 31.6 Å². The molecule has 1 amide bonds. The first-order chi connectivity index (χ1) is 6.12. The SMILES string of the molecule is CC1CCC2(CC1)NC(=S)NC2=O. The summed E-state index contributed by atoms with van der Waals surface area (Å²) in [7, 11) is 0. The third-order valence-corrected chi connectivity index (χ3v) is 3.35. The Hall–Kier alpha value is -0.640. The molecule has 1 spiro atoms. The number of carbonyl (C=O) groups is 1. The molecule has 0 aromatic carbocycles. The molecule has 0 aromatic heterocycles. The second-order valence-electron chi connectivity index (χ2n) is 4.17. The van der Waals surface area contributed by atoms with E-state index >= 15 is 0 Å². The topological polar surface area (TPSA) is 41.1 Å². The van der Waals surface area contributed by atoms with Gasteiger partial charge in [-0.25, -0.2) is 0 Å². The van der Waals surface area contributed by atoms with Gasteiger partial charge in [-0.2, -0.15) is 0 Å². The van der Waals surface area contributed by atoms with Crippen molar-refractivity contribution < 1.29 is 4.79 Å². The summed E-state index contributed by atoms with van der Waals surface area (Å²) in [5.74, 6) is 0.818. The van der Waals surface area contributed by atoms with Crippen LogP contribution >= 0.6 is 12.2 Å². The maximum Gasteiger partial charge on any atom is 0.251 e. The summed E-state index contributed by atoms with van der Waals surface area (Å²) in [5.41, 5.74) is -0.358. The zero-order valence-electron chi connectivity index (χ0n) is 7.72. The fourth-order valence-corrected chi connectivity index (χ4v) is 2.42. The lowest BCUT2D eigenvalue weighted by Crippen LogP contribution is -2.49. The lowest BCUT2D eigenvalue weighted by Gasteiger charge is -2.33. The molecule has 1 aliphatic carbocycles. The van der Waals surface area contributed by atoms with E-state index in [1.54, 1.807) is 0 Å². The van der Waals surface area contributed by atoms with E-state index in [4.69, 9.17) is 12.2 Å². The van der Waals surface area contributed by atoms with Crippen LogP contribution in [0, 0.1) is 5.92 Å². The van der Waals surface area contributed by atoms with E-state index in [2.05, 4.69) is 17.6 Å². The highest BCUT2D eigenvalue weighted by atomic mass is 32.1. The third-order valence-electron chi connectivity index (χ3n) is 3.14. The second-order valence-corrected chi connectivity index (χ2v) is 4.58. The first-order valence-corrected chi connectivity index (χ1v) is 5.17. The highest BCUT2D eigenvalue weighted by Gasteiger charge is 2.45. The van der Waals surface area contributed by atoms with Crippen molar-refractivity contribution in [2.45, 2.75) is 38.1 Å². The van der Waals surface area contributed by atoms with E-state index in [1.807, 2.05) is 0 Å². The third kappa shape index (κ3) is 1.43. The summed E-state index contributed by atoms with van der Waals surface area (Å²) >= 11 is 4.94. The van der Waals surface area contributed by atoms with Gasteiger partial charge in [-0.1, -0.05) is 6.92 Å². The van der Waals surface area contributed by atoms with Gasteiger partial charge in [0.1, 0.15) is 5.54 Å². The van der Waals surface area contributed by atoms with Crippen molar-refractivity contribution in [2.75, 3.05) is 0 Å². The summed E-state index contributed by atoms with van der Waals surface area (Å²) in [5, 5.41) is 6.28. The summed E-state index contributed by atoms with van der Waals surface area (Å²) in [6.07, 6.45) is 4.06. The van der Waals surface area contributed by atoms with Crippen LogP contribution < -0.4 is 10.6 Å². The Morgan fingerprint density at radius 3 is 2.54 bits per heavy atom. The quantitative estimate of drug-likeness (QED) is 0.569. The molecule has 0 bridgehead atoms. The average molecular weight is 198 g/mol. The molecule has 13 heavy (non-hydrogen) atoms. The molecular formula is C9H14N2OS. The van der Waals surface area contributed by atoms with Gasteiger partial charge in [-0.3, -0.25) is 4.79 Å². The number of rotatable bonds is 0. The Balaban J connectivity index is 2.13. The number of amides is 1. The molecule has 0 atom stereocenters. The molecule has 0 unspecified atom stereocenters. The van der Waals surface area contributed by atoms with Crippen molar-refractivity contribution in [3.8, 4) is 0 Å². The highest BCUT2D eigenvalue weighted by Crippen LogP contribution is 2.33. The minimum Gasteiger partial charge on any atom is -0.348 e. The number of hydrogen-bond donors (Lipinski definition) is 2. The molecule has 1 aliphatic heterocycles. The lowest BCUT2D eigenvalue weighted by molar-refractivity contribution is -0.125. The molecule has 3 nitrogen and oxygen atoms in total. The van der Waals surface area contributed by atoms with Crippen LogP contribution in [0.3, 0.4) is 0 Å². The zero-order valence-corrected chi connectivity index (χ0v) is 8.54. The largest absolute Gasteiger partial charge is 0.348 e. The number of carbonyl (C=O) groups excluding carboxylic acids is 1. The lowest BCUT2D eigenvalue weighted by atomic mass is 9.77. The van der Waals surface area contributed by atoms with Gasteiger partial charge in [-0.15, -0.1) is 0 Å². The van der Waals surface area contributed by atoms with E-state index < -0.39 is 0 Å². The van der Waals surface area contributed by atoms with Gasteiger partial charge < -0.3 is 10.6 Å². The van der Waals surface area contributed by atoms with E-state index in [-0.39, 0.29) is 11.4 Å². The molecule has 0 aromatic rings. The van der Waals surface area contributed by atoms with Crippen LogP contribution in [-0.4, -0.2) is 16.6 Å². The molecule has 0 radical (unpaired) electrons. The second kappa shape index (κ2) is 2.94. The Kier molecular flexibility index (Phi) is 2.02. The molecular weight excluding hydrogens is 184 g/mol. The Labute approximate surface area is 83.3 Å². The Bertz CT molecular complexity index is 256. The fourth-order valence-electron chi connectivity index (χ4n) is 2.14. The van der Waals surface area contributed by atoms with Crippen molar-refractivity contribution >= 4 is 23.2 Å². The minimum atomic E-state index is -0.358. The van der Waals surface area contributed by atoms with Crippen molar-refractivity contribution in [3.63, 3.8) is 0 Å². The molecule has 1 heterocycles. The van der Waals surface area contributed by atoms with Crippen LogP contribution in [0.5, 0.6) is 0 Å². The summed E-state index contributed by atoms with van der Waals surface area (Å²) in [6.45, 7) is 2.23. The maximum atomic E-state index is 11.6. The normalized spacial score (nSPS) is 39.0. The van der Waals surface area contributed by atoms with Gasteiger partial charge in [0, 0.05) is 0 Å². The van der Waals surface area contributed by atoms with Gasteiger partial charge in [0.05, 0.1) is 0 Å². The summed E-state index contributed by atoms with van der Waals surface area (Å²) < 4.78 is 0. The maximum absolute atomic E-state index is 11.6. The van der Waals surface area contributed by atoms with Gasteiger partial charge in [0.25, 0.3) is 5.91 Å². The molecule has 2 fully saturated rings. The zero-order chi connectivity index (χ0) is 9.47. The summed E-state index contributed by atoms with van der Waals surface area (Å²) in [6, 6.07) is 0. The molecule has 2 aliphatic rings. The first-order valence-electron chi connectivity index (χ1n) is 4.76. The van der Waals surface area contributed by atoms with Gasteiger partial charge in [-0.05, 0) is 43.8 Å². The molecule has 1 saturated carbocycles. The molecule has 2 rings (SSSR count). The van der Waals surface area contributed by atoms with E-state index in [9.17, 15) is 4.79 Å². The highest BCUT2D eigenvalue weighted by molar-refractivity contribution is 7.80. The van der Waals surface area contributed by atoms with Crippen molar-refractivity contribution in [3.05, 3.63) is 0 Å². The van der Waals surface area contributed by atoms with Gasteiger partial charge in [0.15, 0.2) is 5.11 Å². The Morgan fingerprint density at radius 2 is 2.08 bits per heavy atom. The summed E-state index contributed by atoms with van der Waals surface area (Å²) in [4.78, 5) is 11.6. The number of nitrogens with one attached hydrogen (secondary N) is 2. The van der Waals surface area contributed by atoms with Crippen molar-refractivity contribution in [1.29, 1.82) is 0 Å². The Morgan fingerprint density at radius 1 is 1.46 bits per heavy atom. The minimum absolute atomic E-state index is 0.0735. The van der Waals surface area contributed by atoms with Gasteiger partial charge >= 0.3 is 0 Å². The number of thiocarbonyl (C=S) groups is 1. The van der Waals surface area contributed by atoms with Gasteiger partial charge in [0.2, 0.25) is 0 Å². The predicted octanol–water partition coefficient (Wildman–Crippen LogP) is 0.940. The smallest absolute Gasteiger partial charge is 0.251 e. The van der Waals surface area contributed by atoms with Crippen LogP contribution in [0.25, 0.3) is 0 Å². The van der Waals surface area contributed by atoms with Crippen LogP contribution in [0.2, 0.25) is 0 Å². The standard InChI is InChI=1S/C9H14N2OS/c1-6-2-4-9(5-3-6)7(12)10-8(13)11-9/h6H,2-5H2,1H3,(H2,10,11,12,13). The fraction of sp³-hybridized carbons (Fsp3) is 0.778. The van der Waals surface area contributed by atoms with E-state index in [1.165, 1.54) is 0 Å². The first kappa shape index (κ1) is 8.94. The van der Waals surface area contributed by atoms with Crippen LogP contribution in [0.4, 0.5) is 0 Å². The number of hydrogen-bond acceptors (Lipinski definition) is 2. The predicted molar refractivity (Wildman–Crippen MR) is 54.2 cm³/mol. The van der Waals surface area contributed by atoms with Crippen molar-refractivity contribution in [1.82, 2.24) is 10.6 Å². The average Bonchev–Trinajstić information content (AvgIpc) is 2.34. The van der Waals surface area contributed by atoms with Crippen molar-refractivity contribution in [2.24, 2.45) is 5.92 Å². The molecule has 2 N–H and O–H groups in total. The van der Waals surface area contributed by atoms with Crippen LogP contribution in [-0.2, 0) is 4.79 Å². The molecule has 4 heteroatoms. The van der Waals surface area contributed by atoms with E-state index in [0.29, 0.717) is 5.11 Å². The van der Waals surface area contributed by atoms with Crippen LogP contribution in [0.15, 0.2) is 0 Å². The molecule has 1 saturated heterocycles. The molecule has 72 valence electrons.